The normalized spacial score (nSPS) is 12.2. The molecule has 1 amide bonds. The number of sulfone groups is 1. The lowest BCUT2D eigenvalue weighted by Crippen LogP contribution is -2.32. The first kappa shape index (κ1) is 23.2. The second kappa shape index (κ2) is 9.78. The van der Waals surface area contributed by atoms with Crippen LogP contribution in [0.15, 0.2) is 61.2 Å². The fourth-order valence-corrected chi connectivity index (χ4v) is 4.60. The molecule has 0 unspecified atom stereocenters. The molecule has 0 aliphatic carbocycles. The number of amides is 1. The van der Waals surface area contributed by atoms with Crippen LogP contribution in [0.25, 0.3) is 5.69 Å². The number of nitrogens with one attached hydrogen (secondary N) is 1. The van der Waals surface area contributed by atoms with Gasteiger partial charge >= 0.3 is 0 Å². The van der Waals surface area contributed by atoms with Gasteiger partial charge in [-0.3, -0.25) is 9.59 Å². The first-order valence-electron chi connectivity index (χ1n) is 9.94. The van der Waals surface area contributed by atoms with Gasteiger partial charge in [-0.1, -0.05) is 12.1 Å². The van der Waals surface area contributed by atoms with Gasteiger partial charge in [-0.15, -0.1) is 0 Å². The third-order valence-corrected chi connectivity index (χ3v) is 6.44. The summed E-state index contributed by atoms with van der Waals surface area (Å²) in [5.41, 5.74) is 2.49. The largest absolute Gasteiger partial charge is 0.496 e. The van der Waals surface area contributed by atoms with E-state index in [1.165, 1.54) is 20.1 Å². The highest BCUT2D eigenvalue weighted by Gasteiger charge is 2.21. The molecule has 0 saturated carbocycles. The van der Waals surface area contributed by atoms with E-state index in [4.69, 9.17) is 4.74 Å². The lowest BCUT2D eigenvalue weighted by Gasteiger charge is -2.16. The highest BCUT2D eigenvalue weighted by Crippen LogP contribution is 2.23. The number of aromatic nitrogens is 2. The Morgan fingerprint density at radius 3 is 2.47 bits per heavy atom. The van der Waals surface area contributed by atoms with Gasteiger partial charge < -0.3 is 14.6 Å². The molecule has 3 aromatic rings. The monoisotopic (exact) mass is 455 g/mol. The Morgan fingerprint density at radius 2 is 1.88 bits per heavy atom. The summed E-state index contributed by atoms with van der Waals surface area (Å²) in [6.45, 7) is 3.19. The van der Waals surface area contributed by atoms with Crippen molar-refractivity contribution in [2.75, 3.05) is 12.9 Å². The van der Waals surface area contributed by atoms with E-state index in [0.29, 0.717) is 16.9 Å². The predicted molar refractivity (Wildman–Crippen MR) is 121 cm³/mol. The van der Waals surface area contributed by atoms with Crippen molar-refractivity contribution in [2.45, 2.75) is 25.6 Å². The molecule has 0 fully saturated rings. The minimum Gasteiger partial charge on any atom is -0.496 e. The molecule has 0 radical (unpaired) electrons. The smallest absolute Gasteiger partial charge is 0.235 e. The van der Waals surface area contributed by atoms with Crippen LogP contribution in [0.4, 0.5) is 0 Å². The summed E-state index contributed by atoms with van der Waals surface area (Å²) in [5.74, 6) is -1.50. The maximum atomic E-state index is 12.6. The zero-order valence-electron chi connectivity index (χ0n) is 18.1. The number of hydrogen-bond acceptors (Lipinski definition) is 6. The number of carbonyl (C=O) groups is 2. The van der Waals surface area contributed by atoms with Crippen molar-refractivity contribution < 1.29 is 22.7 Å². The molecular formula is C23H25N3O5S. The molecule has 32 heavy (non-hydrogen) atoms. The number of rotatable bonds is 9. The fraction of sp³-hybridized carbons (Fsp3) is 0.261. The molecule has 8 nitrogen and oxygen atoms in total. The van der Waals surface area contributed by atoms with Crippen LogP contribution in [0.3, 0.4) is 0 Å². The van der Waals surface area contributed by atoms with Crippen molar-refractivity contribution in [3.8, 4) is 11.4 Å². The Bertz CT molecular complexity index is 1200. The first-order chi connectivity index (χ1) is 15.2. The molecular weight excluding hydrogens is 430 g/mol. The average Bonchev–Trinajstić information content (AvgIpc) is 3.27. The zero-order chi connectivity index (χ0) is 23.3. The molecule has 0 aliphatic heterocycles. The number of benzene rings is 2. The molecule has 1 atom stereocenters. The van der Waals surface area contributed by atoms with Crippen molar-refractivity contribution >= 4 is 21.5 Å². The van der Waals surface area contributed by atoms with E-state index < -0.39 is 27.3 Å². The third kappa shape index (κ3) is 5.82. The lowest BCUT2D eigenvalue weighted by atomic mass is 10.1. The molecule has 2 aromatic carbocycles. The Labute approximate surface area is 187 Å². The topological polar surface area (TPSA) is 107 Å². The number of Topliss-reactive ketones (excluding diaryl/α,β-unsaturated/α-hetero) is 1. The first-order valence-corrected chi connectivity index (χ1v) is 11.8. The highest BCUT2D eigenvalue weighted by molar-refractivity contribution is 7.91. The Balaban J connectivity index is 1.65. The van der Waals surface area contributed by atoms with E-state index in [1.54, 1.807) is 31.6 Å². The van der Waals surface area contributed by atoms with Crippen LogP contribution in [0.2, 0.25) is 0 Å². The van der Waals surface area contributed by atoms with E-state index in [9.17, 15) is 18.0 Å². The summed E-state index contributed by atoms with van der Waals surface area (Å²) >= 11 is 0. The summed E-state index contributed by atoms with van der Waals surface area (Å²) < 4.78 is 32.4. The van der Waals surface area contributed by atoms with E-state index >= 15 is 0 Å². The van der Waals surface area contributed by atoms with Crippen molar-refractivity contribution in [3.05, 3.63) is 77.9 Å². The summed E-state index contributed by atoms with van der Waals surface area (Å²) in [7, 11) is -2.36. The van der Waals surface area contributed by atoms with Crippen molar-refractivity contribution in [1.82, 2.24) is 14.9 Å². The molecule has 0 saturated heterocycles. The van der Waals surface area contributed by atoms with Crippen LogP contribution in [-0.2, 0) is 20.4 Å². The van der Waals surface area contributed by atoms with Crippen LogP contribution in [0, 0.1) is 0 Å². The Morgan fingerprint density at radius 1 is 1.16 bits per heavy atom. The van der Waals surface area contributed by atoms with E-state index in [0.717, 1.165) is 11.3 Å². The number of hydrogen-bond donors (Lipinski definition) is 1. The second-order valence-electron chi connectivity index (χ2n) is 7.47. The molecule has 168 valence electrons. The molecule has 0 aliphatic rings. The van der Waals surface area contributed by atoms with Crippen LogP contribution < -0.4 is 10.1 Å². The third-order valence-electron chi connectivity index (χ3n) is 4.99. The Kier molecular flexibility index (Phi) is 7.09. The van der Waals surface area contributed by atoms with E-state index in [1.807, 2.05) is 35.0 Å². The number of methoxy groups -OCH3 is 1. The molecule has 1 heterocycles. The van der Waals surface area contributed by atoms with Crippen molar-refractivity contribution in [3.63, 3.8) is 0 Å². The zero-order valence-corrected chi connectivity index (χ0v) is 18.9. The maximum absolute atomic E-state index is 12.6. The molecule has 1 N–H and O–H groups in total. The molecule has 0 spiro atoms. The van der Waals surface area contributed by atoms with Crippen LogP contribution in [0.1, 0.15) is 41.4 Å². The second-order valence-corrected chi connectivity index (χ2v) is 9.53. The van der Waals surface area contributed by atoms with E-state index in [-0.39, 0.29) is 11.8 Å². The van der Waals surface area contributed by atoms with Crippen molar-refractivity contribution in [1.29, 1.82) is 0 Å². The minimum atomic E-state index is -3.79. The standard InChI is InChI=1S/C23H25N3O5S/c1-16(18-4-7-21(8-5-18)26-11-10-24-15-26)25-23(28)14-32(29,30)13-20-12-19(17(2)27)6-9-22(20)31-3/h4-12,15-16H,13-14H2,1-3H3,(H,25,28)/t16-/m1/s1. The van der Waals surface area contributed by atoms with Gasteiger partial charge in [0.05, 0.1) is 25.2 Å². The summed E-state index contributed by atoms with van der Waals surface area (Å²) in [4.78, 5) is 28.1. The maximum Gasteiger partial charge on any atom is 0.235 e. The van der Waals surface area contributed by atoms with Gasteiger partial charge in [0, 0.05) is 29.2 Å². The minimum absolute atomic E-state index is 0.183. The number of carbonyl (C=O) groups excluding carboxylic acids is 2. The lowest BCUT2D eigenvalue weighted by molar-refractivity contribution is -0.119. The number of imidazole rings is 1. The summed E-state index contributed by atoms with van der Waals surface area (Å²) in [6.07, 6.45) is 5.20. The summed E-state index contributed by atoms with van der Waals surface area (Å²) in [5, 5.41) is 2.73. The molecule has 1 aromatic heterocycles. The Hall–Kier alpha value is -3.46. The van der Waals surface area contributed by atoms with Gasteiger partial charge in [0.25, 0.3) is 0 Å². The van der Waals surface area contributed by atoms with Gasteiger partial charge in [-0.2, -0.15) is 0 Å². The average molecular weight is 456 g/mol. The number of ketones is 1. The van der Waals surface area contributed by atoms with Gasteiger partial charge in [0.15, 0.2) is 15.6 Å². The summed E-state index contributed by atoms with van der Waals surface area (Å²) in [6, 6.07) is 11.8. The highest BCUT2D eigenvalue weighted by atomic mass is 32.2. The number of ether oxygens (including phenoxy) is 1. The van der Waals surface area contributed by atoms with Crippen LogP contribution >= 0.6 is 0 Å². The SMILES string of the molecule is COc1ccc(C(C)=O)cc1CS(=O)(=O)CC(=O)N[C@H](C)c1ccc(-n2ccnc2)cc1. The van der Waals surface area contributed by atoms with Gasteiger partial charge in [-0.25, -0.2) is 13.4 Å². The molecule has 0 bridgehead atoms. The van der Waals surface area contributed by atoms with Crippen LogP contribution in [0.5, 0.6) is 5.75 Å². The van der Waals surface area contributed by atoms with Crippen LogP contribution in [-0.4, -0.2) is 42.5 Å². The van der Waals surface area contributed by atoms with Gasteiger partial charge in [0.2, 0.25) is 5.91 Å². The fourth-order valence-electron chi connectivity index (χ4n) is 3.31. The van der Waals surface area contributed by atoms with Crippen molar-refractivity contribution in [2.24, 2.45) is 0 Å². The van der Waals surface area contributed by atoms with E-state index in [2.05, 4.69) is 10.3 Å². The molecule has 3 rings (SSSR count). The van der Waals surface area contributed by atoms with Gasteiger partial charge in [-0.05, 0) is 49.7 Å². The quantitative estimate of drug-likeness (QED) is 0.497. The van der Waals surface area contributed by atoms with Gasteiger partial charge in [0.1, 0.15) is 11.5 Å². The number of nitrogens with zero attached hydrogens (tertiary/aromatic N) is 2. The molecule has 9 heteroatoms. The predicted octanol–water partition coefficient (Wildman–Crippen LogP) is 2.88.